The van der Waals surface area contributed by atoms with E-state index >= 15 is 0 Å². The molecule has 0 fully saturated rings. The van der Waals surface area contributed by atoms with Gasteiger partial charge in [0.25, 0.3) is 0 Å². The second-order valence-corrected chi connectivity index (χ2v) is 2.50. The zero-order valence-corrected chi connectivity index (χ0v) is 6.64. The number of hydrogen-bond donors (Lipinski definition) is 2. The Balaban J connectivity index is 2.81. The summed E-state index contributed by atoms with van der Waals surface area (Å²) in [5.41, 5.74) is 0. The van der Waals surface area contributed by atoms with Crippen LogP contribution in [-0.2, 0) is 9.59 Å². The third kappa shape index (κ3) is 2.33. The fourth-order valence-electron chi connectivity index (χ4n) is 0.974. The van der Waals surface area contributed by atoms with Gasteiger partial charge in [0.1, 0.15) is 11.7 Å². The van der Waals surface area contributed by atoms with E-state index in [4.69, 9.17) is 14.6 Å². The molecular formula is C8H8O5. The summed E-state index contributed by atoms with van der Waals surface area (Å²) >= 11 is 0. The molecule has 1 atom stereocenters. The third-order valence-corrected chi connectivity index (χ3v) is 1.56. The van der Waals surface area contributed by atoms with E-state index in [0.29, 0.717) is 0 Å². The first-order valence-electron chi connectivity index (χ1n) is 3.59. The summed E-state index contributed by atoms with van der Waals surface area (Å²) in [7, 11) is 0. The Labute approximate surface area is 73.6 Å². The molecule has 1 aromatic heterocycles. The fraction of sp³-hybridized carbons (Fsp3) is 0.250. The highest BCUT2D eigenvalue weighted by molar-refractivity contribution is 5.81. The Morgan fingerprint density at radius 2 is 2.15 bits per heavy atom. The zero-order valence-electron chi connectivity index (χ0n) is 6.64. The van der Waals surface area contributed by atoms with Crippen molar-refractivity contribution in [3.8, 4) is 0 Å². The molecule has 0 aliphatic carbocycles. The Morgan fingerprint density at radius 1 is 1.46 bits per heavy atom. The second kappa shape index (κ2) is 3.75. The van der Waals surface area contributed by atoms with Gasteiger partial charge in [0, 0.05) is 0 Å². The molecule has 1 rings (SSSR count). The maximum Gasteiger partial charge on any atom is 0.314 e. The summed E-state index contributed by atoms with van der Waals surface area (Å²) in [4.78, 5) is 20.9. The van der Waals surface area contributed by atoms with Gasteiger partial charge < -0.3 is 14.6 Å². The van der Waals surface area contributed by atoms with E-state index in [-0.39, 0.29) is 5.76 Å². The van der Waals surface area contributed by atoms with E-state index in [2.05, 4.69) is 0 Å². The minimum Gasteiger partial charge on any atom is -0.481 e. The van der Waals surface area contributed by atoms with Crippen molar-refractivity contribution in [3.05, 3.63) is 24.2 Å². The van der Waals surface area contributed by atoms with Crippen LogP contribution < -0.4 is 0 Å². The molecule has 0 unspecified atom stereocenters. The summed E-state index contributed by atoms with van der Waals surface area (Å²) < 4.78 is 4.81. The van der Waals surface area contributed by atoms with Gasteiger partial charge in [-0.05, 0) is 12.1 Å². The minimum absolute atomic E-state index is 0.162. The third-order valence-electron chi connectivity index (χ3n) is 1.56. The van der Waals surface area contributed by atoms with E-state index in [1.54, 1.807) is 0 Å². The molecule has 1 heterocycles. The molecule has 5 nitrogen and oxygen atoms in total. The largest absolute Gasteiger partial charge is 0.481 e. The van der Waals surface area contributed by atoms with Crippen molar-refractivity contribution in [2.75, 3.05) is 0 Å². The summed E-state index contributed by atoms with van der Waals surface area (Å²) in [6.45, 7) is 0. The highest BCUT2D eigenvalue weighted by atomic mass is 16.4. The summed E-state index contributed by atoms with van der Waals surface area (Å²) in [6.07, 6.45) is 0.843. The van der Waals surface area contributed by atoms with Crippen molar-refractivity contribution in [3.63, 3.8) is 0 Å². The van der Waals surface area contributed by atoms with Crippen LogP contribution in [0.15, 0.2) is 22.8 Å². The SMILES string of the molecule is O=C(O)C[C@H](C(=O)O)c1ccco1. The molecule has 0 aliphatic rings. The Hall–Kier alpha value is -1.78. The predicted octanol–water partition coefficient (Wildman–Crippen LogP) is 0.923. The lowest BCUT2D eigenvalue weighted by Crippen LogP contribution is -2.15. The van der Waals surface area contributed by atoms with Crippen molar-refractivity contribution in [1.29, 1.82) is 0 Å². The molecule has 0 spiro atoms. The molecule has 1 aromatic rings. The van der Waals surface area contributed by atoms with Gasteiger partial charge >= 0.3 is 11.9 Å². The lowest BCUT2D eigenvalue weighted by atomic mass is 10.0. The van der Waals surface area contributed by atoms with Crippen molar-refractivity contribution in [2.24, 2.45) is 0 Å². The highest BCUT2D eigenvalue weighted by Gasteiger charge is 2.25. The molecule has 13 heavy (non-hydrogen) atoms. The first-order chi connectivity index (χ1) is 6.11. The molecule has 0 aliphatic heterocycles. The molecule has 0 saturated carbocycles. The summed E-state index contributed by atoms with van der Waals surface area (Å²) in [6, 6.07) is 2.97. The molecule has 0 radical (unpaired) electrons. The monoisotopic (exact) mass is 184 g/mol. The first kappa shape index (κ1) is 9.31. The number of furan rings is 1. The fourth-order valence-corrected chi connectivity index (χ4v) is 0.974. The molecule has 2 N–H and O–H groups in total. The van der Waals surface area contributed by atoms with Gasteiger partial charge in [-0.15, -0.1) is 0 Å². The van der Waals surface area contributed by atoms with Crippen LogP contribution in [0.25, 0.3) is 0 Å². The van der Waals surface area contributed by atoms with Crippen molar-refractivity contribution >= 4 is 11.9 Å². The van der Waals surface area contributed by atoms with Gasteiger partial charge in [-0.3, -0.25) is 9.59 Å². The van der Waals surface area contributed by atoms with Gasteiger partial charge in [-0.2, -0.15) is 0 Å². The number of rotatable bonds is 4. The Bertz CT molecular complexity index is 300. The van der Waals surface area contributed by atoms with E-state index in [1.807, 2.05) is 0 Å². The van der Waals surface area contributed by atoms with E-state index in [9.17, 15) is 9.59 Å². The van der Waals surface area contributed by atoms with Gasteiger partial charge in [-0.1, -0.05) is 0 Å². The maximum atomic E-state index is 10.6. The molecule has 0 bridgehead atoms. The van der Waals surface area contributed by atoms with Crippen LogP contribution in [0.5, 0.6) is 0 Å². The number of carboxylic acid groups (broad SMARTS) is 2. The van der Waals surface area contributed by atoms with Crippen LogP contribution in [0, 0.1) is 0 Å². The van der Waals surface area contributed by atoms with Crippen molar-refractivity contribution in [2.45, 2.75) is 12.3 Å². The molecule has 0 saturated heterocycles. The predicted molar refractivity (Wildman–Crippen MR) is 41.3 cm³/mol. The van der Waals surface area contributed by atoms with Crippen molar-refractivity contribution < 1.29 is 24.2 Å². The summed E-state index contributed by atoms with van der Waals surface area (Å²) in [5.74, 6) is -3.30. The molecule has 5 heteroatoms. The van der Waals surface area contributed by atoms with Crippen LogP contribution in [-0.4, -0.2) is 22.2 Å². The molecule has 0 aromatic carbocycles. The van der Waals surface area contributed by atoms with Crippen LogP contribution >= 0.6 is 0 Å². The number of hydrogen-bond acceptors (Lipinski definition) is 3. The highest BCUT2D eigenvalue weighted by Crippen LogP contribution is 2.20. The first-order valence-corrected chi connectivity index (χ1v) is 3.59. The number of carbonyl (C=O) groups is 2. The topological polar surface area (TPSA) is 87.7 Å². The quantitative estimate of drug-likeness (QED) is 0.726. The normalized spacial score (nSPS) is 12.3. The lowest BCUT2D eigenvalue weighted by Gasteiger charge is -2.05. The maximum absolute atomic E-state index is 10.6. The lowest BCUT2D eigenvalue weighted by molar-refractivity contribution is -0.145. The minimum atomic E-state index is -1.20. The van der Waals surface area contributed by atoms with E-state index in [1.165, 1.54) is 18.4 Å². The van der Waals surface area contributed by atoms with E-state index in [0.717, 1.165) is 0 Å². The Morgan fingerprint density at radius 3 is 2.54 bits per heavy atom. The standard InChI is InChI=1S/C8H8O5/c9-7(10)4-5(8(11)12)6-2-1-3-13-6/h1-3,5H,4H2,(H,9,10)(H,11,12)/t5-/m0/s1. The smallest absolute Gasteiger partial charge is 0.314 e. The second-order valence-electron chi connectivity index (χ2n) is 2.50. The van der Waals surface area contributed by atoms with Gasteiger partial charge in [0.15, 0.2) is 0 Å². The average Bonchev–Trinajstić information content (AvgIpc) is 2.50. The molecular weight excluding hydrogens is 176 g/mol. The zero-order chi connectivity index (χ0) is 9.84. The van der Waals surface area contributed by atoms with Gasteiger partial charge in [-0.25, -0.2) is 0 Å². The van der Waals surface area contributed by atoms with Gasteiger partial charge in [0.05, 0.1) is 12.7 Å². The number of carboxylic acids is 2. The van der Waals surface area contributed by atoms with Crippen molar-refractivity contribution in [1.82, 2.24) is 0 Å². The van der Waals surface area contributed by atoms with Gasteiger partial charge in [0.2, 0.25) is 0 Å². The molecule has 70 valence electrons. The van der Waals surface area contributed by atoms with Crippen LogP contribution in [0.3, 0.4) is 0 Å². The van der Waals surface area contributed by atoms with Crippen LogP contribution in [0.2, 0.25) is 0 Å². The number of aliphatic carboxylic acids is 2. The summed E-state index contributed by atoms with van der Waals surface area (Å²) in [5, 5.41) is 17.1. The van der Waals surface area contributed by atoms with Crippen LogP contribution in [0.4, 0.5) is 0 Å². The van der Waals surface area contributed by atoms with E-state index < -0.39 is 24.3 Å². The average molecular weight is 184 g/mol. The molecule has 0 amide bonds. The Kier molecular flexibility index (Phi) is 2.69. The van der Waals surface area contributed by atoms with Crippen LogP contribution in [0.1, 0.15) is 18.1 Å².